The van der Waals surface area contributed by atoms with Crippen LogP contribution >= 0.6 is 0 Å². The van der Waals surface area contributed by atoms with Crippen LogP contribution in [0.2, 0.25) is 0 Å². The van der Waals surface area contributed by atoms with Crippen molar-refractivity contribution in [1.29, 1.82) is 0 Å². The Morgan fingerprint density at radius 1 is 1.86 bits per heavy atom. The summed E-state index contributed by atoms with van der Waals surface area (Å²) in [4.78, 5) is 2.78. The predicted octanol–water partition coefficient (Wildman–Crippen LogP) is -1.90. The highest BCUT2D eigenvalue weighted by Gasteiger charge is 1.80. The van der Waals surface area contributed by atoms with Crippen molar-refractivity contribution in [2.75, 3.05) is 7.05 Å². The lowest BCUT2D eigenvalue weighted by Crippen LogP contribution is -2.64. The third-order valence-electron chi connectivity index (χ3n) is 0.557. The summed E-state index contributed by atoms with van der Waals surface area (Å²) in [6.45, 7) is 1.82. The van der Waals surface area contributed by atoms with Gasteiger partial charge in [0.25, 0.3) is 0 Å². The Balaban J connectivity index is 3.58. The summed E-state index contributed by atoms with van der Waals surface area (Å²) >= 11 is 0. The van der Waals surface area contributed by atoms with Crippen molar-refractivity contribution in [2.45, 2.75) is 6.92 Å². The van der Waals surface area contributed by atoms with Crippen LogP contribution in [0.25, 0.3) is 0 Å². The highest BCUT2D eigenvalue weighted by Crippen LogP contribution is 1.55. The van der Waals surface area contributed by atoms with E-state index in [-0.39, 0.29) is 0 Å². The van der Waals surface area contributed by atoms with E-state index in [9.17, 15) is 0 Å². The minimum Gasteiger partial charge on any atom is -0.323 e. The predicted molar refractivity (Wildman–Crippen MR) is 30.2 cm³/mol. The highest BCUT2D eigenvalue weighted by molar-refractivity contribution is 6.27. The number of hydrazone groups is 1. The van der Waals surface area contributed by atoms with Crippen LogP contribution in [0.4, 0.5) is 0 Å². The molecule has 3 N–H and O–H groups in total. The van der Waals surface area contributed by atoms with E-state index in [1.807, 2.05) is 6.92 Å². The molecule has 0 amide bonds. The zero-order valence-corrected chi connectivity index (χ0v) is 4.60. The SMILES string of the molecule is C[NH+]=CC(C)=NN. The number of nitrogens with one attached hydrogen (secondary N) is 1. The largest absolute Gasteiger partial charge is 0.323 e. The molecule has 0 aliphatic rings. The normalized spacial score (nSPS) is 13.1. The molecule has 0 aromatic heterocycles. The maximum absolute atomic E-state index is 4.87. The molecule has 0 bridgehead atoms. The molecule has 0 aliphatic carbocycles. The Kier molecular flexibility index (Phi) is 2.92. The number of nitrogens with two attached hydrogens (primary N) is 1. The van der Waals surface area contributed by atoms with Crippen molar-refractivity contribution >= 4 is 11.9 Å². The Hall–Kier alpha value is -0.860. The van der Waals surface area contributed by atoms with Crippen LogP contribution < -0.4 is 10.8 Å². The van der Waals surface area contributed by atoms with E-state index in [1.54, 1.807) is 13.3 Å². The van der Waals surface area contributed by atoms with Crippen LogP contribution in [0.3, 0.4) is 0 Å². The molecule has 3 nitrogen and oxygen atoms in total. The van der Waals surface area contributed by atoms with Gasteiger partial charge in [-0.05, 0) is 6.92 Å². The van der Waals surface area contributed by atoms with Crippen molar-refractivity contribution in [2.24, 2.45) is 10.9 Å². The summed E-state index contributed by atoms with van der Waals surface area (Å²) in [7, 11) is 1.80. The van der Waals surface area contributed by atoms with Gasteiger partial charge in [0.2, 0.25) is 0 Å². The smallest absolute Gasteiger partial charge is 0.184 e. The van der Waals surface area contributed by atoms with E-state index in [0.29, 0.717) is 0 Å². The molecule has 0 radical (unpaired) electrons. The summed E-state index contributed by atoms with van der Waals surface area (Å²) in [6.07, 6.45) is 1.72. The van der Waals surface area contributed by atoms with Gasteiger partial charge in [-0.3, -0.25) is 0 Å². The molecule has 40 valence electrons. The van der Waals surface area contributed by atoms with Crippen LogP contribution in [0, 0.1) is 0 Å². The van der Waals surface area contributed by atoms with Gasteiger partial charge in [0, 0.05) is 0 Å². The lowest BCUT2D eigenvalue weighted by molar-refractivity contribution is -0.412. The summed E-state index contributed by atoms with van der Waals surface area (Å²) < 4.78 is 0. The van der Waals surface area contributed by atoms with Crippen LogP contribution in [0.15, 0.2) is 5.10 Å². The van der Waals surface area contributed by atoms with Gasteiger partial charge >= 0.3 is 0 Å². The molecule has 0 saturated carbocycles. The monoisotopic (exact) mass is 100 g/mol. The van der Waals surface area contributed by atoms with E-state index >= 15 is 0 Å². The average molecular weight is 100 g/mol. The maximum Gasteiger partial charge on any atom is 0.184 e. The van der Waals surface area contributed by atoms with Crippen molar-refractivity contribution < 1.29 is 4.99 Å². The highest BCUT2D eigenvalue weighted by atomic mass is 15.1. The third kappa shape index (κ3) is 2.96. The maximum atomic E-state index is 4.87. The van der Waals surface area contributed by atoms with E-state index in [0.717, 1.165) is 5.71 Å². The van der Waals surface area contributed by atoms with E-state index in [1.165, 1.54) is 0 Å². The lowest BCUT2D eigenvalue weighted by Gasteiger charge is -1.75. The van der Waals surface area contributed by atoms with Crippen LogP contribution in [-0.2, 0) is 0 Å². The third-order valence-corrected chi connectivity index (χ3v) is 0.557. The standard InChI is InChI=1S/C4H9N3/c1-4(7-5)3-6-2/h3H,5H2,1-2H3/p+1. The first kappa shape index (κ1) is 6.14. The number of nitrogens with zero attached hydrogens (tertiary/aromatic N) is 1. The first-order chi connectivity index (χ1) is 3.31. The van der Waals surface area contributed by atoms with Gasteiger partial charge in [0.15, 0.2) is 6.21 Å². The quantitative estimate of drug-likeness (QED) is 0.226. The first-order valence-electron chi connectivity index (χ1n) is 2.06. The van der Waals surface area contributed by atoms with Gasteiger partial charge in [-0.15, -0.1) is 0 Å². The topological polar surface area (TPSA) is 52.3 Å². The minimum absolute atomic E-state index is 0.794. The van der Waals surface area contributed by atoms with Gasteiger partial charge in [0.1, 0.15) is 12.8 Å². The molecule has 0 heterocycles. The van der Waals surface area contributed by atoms with E-state index < -0.39 is 0 Å². The molecule has 0 saturated heterocycles. The molecule has 3 heteroatoms. The van der Waals surface area contributed by atoms with Crippen LogP contribution in [0.5, 0.6) is 0 Å². The van der Waals surface area contributed by atoms with Gasteiger partial charge in [-0.1, -0.05) is 0 Å². The van der Waals surface area contributed by atoms with Gasteiger partial charge in [0.05, 0.1) is 0 Å². The van der Waals surface area contributed by atoms with Crippen molar-refractivity contribution in [3.63, 3.8) is 0 Å². The summed E-state index contributed by atoms with van der Waals surface area (Å²) in [5, 5.41) is 3.38. The average Bonchev–Trinajstić information content (AvgIpc) is 1.68. The fourth-order valence-electron chi connectivity index (χ4n) is 0.246. The molecular weight excluding hydrogens is 90.1 g/mol. The molecule has 0 aromatic rings. The van der Waals surface area contributed by atoms with Crippen LogP contribution in [-0.4, -0.2) is 19.0 Å². The van der Waals surface area contributed by atoms with Crippen LogP contribution in [0.1, 0.15) is 6.92 Å². The zero-order valence-electron chi connectivity index (χ0n) is 4.60. The molecule has 0 fully saturated rings. The Labute approximate surface area is 42.9 Å². The first-order valence-corrected chi connectivity index (χ1v) is 2.06. The Morgan fingerprint density at radius 3 is 2.57 bits per heavy atom. The minimum atomic E-state index is 0.794. The summed E-state index contributed by atoms with van der Waals surface area (Å²) in [5.74, 6) is 4.87. The fraction of sp³-hybridized carbons (Fsp3) is 0.500. The van der Waals surface area contributed by atoms with Crippen molar-refractivity contribution in [3.8, 4) is 0 Å². The molecule has 0 rings (SSSR count). The number of hydrogen-bond acceptors (Lipinski definition) is 2. The van der Waals surface area contributed by atoms with E-state index in [2.05, 4.69) is 10.1 Å². The molecule has 0 atom stereocenters. The van der Waals surface area contributed by atoms with Crippen molar-refractivity contribution in [3.05, 3.63) is 0 Å². The van der Waals surface area contributed by atoms with Gasteiger partial charge in [-0.25, -0.2) is 4.99 Å². The number of rotatable bonds is 1. The second-order valence-corrected chi connectivity index (χ2v) is 1.20. The van der Waals surface area contributed by atoms with Crippen molar-refractivity contribution in [1.82, 2.24) is 0 Å². The van der Waals surface area contributed by atoms with E-state index in [4.69, 9.17) is 5.84 Å². The Bertz CT molecular complexity index is 93.1. The lowest BCUT2D eigenvalue weighted by atomic mass is 10.5. The number of hydrogen-bond donors (Lipinski definition) is 2. The molecule has 0 aliphatic heterocycles. The molecule has 0 aromatic carbocycles. The van der Waals surface area contributed by atoms with Gasteiger partial charge < -0.3 is 5.84 Å². The zero-order chi connectivity index (χ0) is 5.70. The summed E-state index contributed by atoms with van der Waals surface area (Å²) in [6, 6.07) is 0. The molecular formula is C4H10N3+. The second-order valence-electron chi connectivity index (χ2n) is 1.20. The molecule has 0 spiro atoms. The molecule has 0 unspecified atom stereocenters. The summed E-state index contributed by atoms with van der Waals surface area (Å²) in [5.41, 5.74) is 0.794. The second kappa shape index (κ2) is 3.33. The molecule has 7 heavy (non-hydrogen) atoms. The fourth-order valence-corrected chi connectivity index (χ4v) is 0.246. The van der Waals surface area contributed by atoms with Gasteiger partial charge in [-0.2, -0.15) is 5.10 Å². The Morgan fingerprint density at radius 2 is 2.43 bits per heavy atom.